The second-order valence-electron chi connectivity index (χ2n) is 4.88. The van der Waals surface area contributed by atoms with Crippen LogP contribution < -0.4 is 14.2 Å². The molecule has 0 heterocycles. The molecule has 2 aromatic carbocycles. The fraction of sp³-hybridized carbons (Fsp3) is 0.444. The van der Waals surface area contributed by atoms with E-state index in [9.17, 15) is 0 Å². The molecule has 0 aliphatic carbocycles. The highest BCUT2D eigenvalue weighted by Crippen LogP contribution is 2.41. The summed E-state index contributed by atoms with van der Waals surface area (Å²) >= 11 is 0. The molecular formula is C18H24O3. The van der Waals surface area contributed by atoms with Crippen molar-refractivity contribution in [3.63, 3.8) is 0 Å². The summed E-state index contributed by atoms with van der Waals surface area (Å²) in [6.45, 7) is 8.16. The van der Waals surface area contributed by atoms with Crippen LogP contribution in [0.4, 0.5) is 0 Å². The van der Waals surface area contributed by atoms with Crippen molar-refractivity contribution < 1.29 is 14.2 Å². The van der Waals surface area contributed by atoms with Gasteiger partial charge in [0.15, 0.2) is 11.5 Å². The molecule has 0 aliphatic rings. The zero-order valence-electron chi connectivity index (χ0n) is 13.1. The van der Waals surface area contributed by atoms with Crippen LogP contribution in [-0.2, 0) is 0 Å². The zero-order chi connectivity index (χ0) is 15.1. The molecule has 0 amide bonds. The van der Waals surface area contributed by atoms with Gasteiger partial charge in [0.2, 0.25) is 0 Å². The number of hydrogen-bond acceptors (Lipinski definition) is 3. The van der Waals surface area contributed by atoms with Crippen molar-refractivity contribution in [1.29, 1.82) is 0 Å². The van der Waals surface area contributed by atoms with Crippen LogP contribution in [0.15, 0.2) is 30.3 Å². The maximum atomic E-state index is 5.93. The first-order chi connectivity index (χ1) is 10.3. The Morgan fingerprint density at radius 2 is 1.43 bits per heavy atom. The second kappa shape index (κ2) is 7.77. The van der Waals surface area contributed by atoms with Crippen LogP contribution in [0.2, 0.25) is 0 Å². The summed E-state index contributed by atoms with van der Waals surface area (Å²) in [6, 6.07) is 10.1. The molecule has 0 fully saturated rings. The Morgan fingerprint density at radius 1 is 0.762 bits per heavy atom. The summed E-state index contributed by atoms with van der Waals surface area (Å²) in [5.41, 5.74) is 0. The molecule has 0 unspecified atom stereocenters. The first kappa shape index (κ1) is 15.5. The van der Waals surface area contributed by atoms with Gasteiger partial charge in [0.1, 0.15) is 5.75 Å². The molecule has 0 saturated heterocycles. The average molecular weight is 288 g/mol. The minimum Gasteiger partial charge on any atom is -0.493 e. The number of rotatable bonds is 8. The molecule has 0 bridgehead atoms. The minimum atomic E-state index is 0.605. The third-order valence-electron chi connectivity index (χ3n) is 3.14. The van der Waals surface area contributed by atoms with Gasteiger partial charge >= 0.3 is 0 Å². The van der Waals surface area contributed by atoms with Crippen LogP contribution in [0.1, 0.15) is 33.6 Å². The third-order valence-corrected chi connectivity index (χ3v) is 3.14. The van der Waals surface area contributed by atoms with E-state index in [0.717, 1.165) is 40.9 Å². The van der Waals surface area contributed by atoms with Gasteiger partial charge in [-0.3, -0.25) is 0 Å². The van der Waals surface area contributed by atoms with Gasteiger partial charge < -0.3 is 14.2 Å². The maximum Gasteiger partial charge on any atom is 0.169 e. The van der Waals surface area contributed by atoms with Gasteiger partial charge in [-0.15, -0.1) is 0 Å². The van der Waals surface area contributed by atoms with E-state index in [4.69, 9.17) is 14.2 Å². The Hall–Kier alpha value is -1.90. The molecular weight excluding hydrogens is 264 g/mol. The zero-order valence-corrected chi connectivity index (χ0v) is 13.1. The summed E-state index contributed by atoms with van der Waals surface area (Å²) in [4.78, 5) is 0. The van der Waals surface area contributed by atoms with Gasteiger partial charge in [0.25, 0.3) is 0 Å². The highest BCUT2D eigenvalue weighted by Gasteiger charge is 2.15. The van der Waals surface area contributed by atoms with Crippen LogP contribution in [0.3, 0.4) is 0 Å². The number of ether oxygens (including phenoxy) is 3. The van der Waals surface area contributed by atoms with Crippen molar-refractivity contribution >= 4 is 10.8 Å². The third kappa shape index (κ3) is 3.60. The van der Waals surface area contributed by atoms with Crippen molar-refractivity contribution in [1.82, 2.24) is 0 Å². The number of hydrogen-bond donors (Lipinski definition) is 0. The summed E-state index contributed by atoms with van der Waals surface area (Å²) in [6.07, 6.45) is 1.94. The molecule has 0 radical (unpaired) electrons. The largest absolute Gasteiger partial charge is 0.493 e. The lowest BCUT2D eigenvalue weighted by Gasteiger charge is -2.17. The summed E-state index contributed by atoms with van der Waals surface area (Å²) in [5, 5.41) is 2.11. The van der Waals surface area contributed by atoms with Crippen molar-refractivity contribution in [2.45, 2.75) is 33.6 Å². The summed E-state index contributed by atoms with van der Waals surface area (Å²) < 4.78 is 17.6. The van der Waals surface area contributed by atoms with E-state index in [1.165, 1.54) is 0 Å². The average Bonchev–Trinajstić information content (AvgIpc) is 2.52. The summed E-state index contributed by atoms with van der Waals surface area (Å²) in [7, 11) is 0. The molecule has 0 N–H and O–H groups in total. The van der Waals surface area contributed by atoms with Crippen LogP contribution in [0.25, 0.3) is 10.8 Å². The van der Waals surface area contributed by atoms with Crippen molar-refractivity contribution in [3.05, 3.63) is 30.3 Å². The van der Waals surface area contributed by atoms with Gasteiger partial charge in [-0.25, -0.2) is 0 Å². The fourth-order valence-corrected chi connectivity index (χ4v) is 2.24. The van der Waals surface area contributed by atoms with E-state index < -0.39 is 0 Å². The molecule has 0 spiro atoms. The lowest BCUT2D eigenvalue weighted by Crippen LogP contribution is -2.03. The topological polar surface area (TPSA) is 27.7 Å². The summed E-state index contributed by atoms with van der Waals surface area (Å²) in [5.74, 6) is 2.44. The lowest BCUT2D eigenvalue weighted by atomic mass is 10.1. The van der Waals surface area contributed by atoms with Crippen LogP contribution in [-0.4, -0.2) is 19.8 Å². The number of fused-ring (bicyclic) bond motifs is 1. The van der Waals surface area contributed by atoms with E-state index in [2.05, 4.69) is 26.0 Å². The molecule has 21 heavy (non-hydrogen) atoms. The van der Waals surface area contributed by atoms with Crippen molar-refractivity contribution in [3.8, 4) is 17.2 Å². The molecule has 3 heteroatoms. The van der Waals surface area contributed by atoms with Crippen LogP contribution >= 0.6 is 0 Å². The highest BCUT2D eigenvalue weighted by atomic mass is 16.5. The SMILES string of the molecule is CCCOc1cc(OCC)c(OCCC)c2ccccc12. The van der Waals surface area contributed by atoms with Crippen molar-refractivity contribution in [2.24, 2.45) is 0 Å². The quantitative estimate of drug-likeness (QED) is 0.697. The normalized spacial score (nSPS) is 10.6. The molecule has 3 nitrogen and oxygen atoms in total. The molecule has 2 aromatic rings. The standard InChI is InChI=1S/C18H24O3/c1-4-11-20-16-13-17(19-6-3)18(21-12-5-2)15-10-8-7-9-14(15)16/h7-10,13H,4-6,11-12H2,1-3H3. The Morgan fingerprint density at radius 3 is 2.10 bits per heavy atom. The fourth-order valence-electron chi connectivity index (χ4n) is 2.24. The molecule has 114 valence electrons. The van der Waals surface area contributed by atoms with Gasteiger partial charge in [0.05, 0.1) is 19.8 Å². The first-order valence-electron chi connectivity index (χ1n) is 7.75. The number of benzene rings is 2. The predicted octanol–water partition coefficient (Wildman–Crippen LogP) is 4.82. The highest BCUT2D eigenvalue weighted by molar-refractivity contribution is 5.95. The van der Waals surface area contributed by atoms with Gasteiger partial charge in [-0.2, -0.15) is 0 Å². The van der Waals surface area contributed by atoms with Crippen LogP contribution in [0.5, 0.6) is 17.2 Å². The van der Waals surface area contributed by atoms with Crippen molar-refractivity contribution in [2.75, 3.05) is 19.8 Å². The van der Waals surface area contributed by atoms with Gasteiger partial charge in [0, 0.05) is 16.8 Å². The Kier molecular flexibility index (Phi) is 5.73. The molecule has 0 aliphatic heterocycles. The van der Waals surface area contributed by atoms with Crippen LogP contribution in [0, 0.1) is 0 Å². The molecule has 0 atom stereocenters. The Bertz CT molecular complexity index is 578. The van der Waals surface area contributed by atoms with E-state index in [1.54, 1.807) is 0 Å². The lowest BCUT2D eigenvalue weighted by molar-refractivity contribution is 0.276. The monoisotopic (exact) mass is 288 g/mol. The second-order valence-corrected chi connectivity index (χ2v) is 4.88. The first-order valence-corrected chi connectivity index (χ1v) is 7.75. The minimum absolute atomic E-state index is 0.605. The van der Waals surface area contributed by atoms with Gasteiger partial charge in [-0.05, 0) is 19.8 Å². The molecule has 0 aromatic heterocycles. The van der Waals surface area contributed by atoms with E-state index in [1.807, 2.05) is 25.1 Å². The predicted molar refractivity (Wildman–Crippen MR) is 86.7 cm³/mol. The molecule has 2 rings (SSSR count). The van der Waals surface area contributed by atoms with Gasteiger partial charge in [-0.1, -0.05) is 38.1 Å². The Labute approximate surface area is 126 Å². The van der Waals surface area contributed by atoms with E-state index >= 15 is 0 Å². The molecule has 0 saturated carbocycles. The smallest absolute Gasteiger partial charge is 0.169 e. The van der Waals surface area contributed by atoms with E-state index in [-0.39, 0.29) is 0 Å². The maximum absolute atomic E-state index is 5.93. The van der Waals surface area contributed by atoms with E-state index in [0.29, 0.717) is 19.8 Å². The Balaban J connectivity index is 2.54.